The maximum Gasteiger partial charge on any atom is 0.354 e. The lowest BCUT2D eigenvalue weighted by molar-refractivity contribution is 0.0690. The normalized spacial score (nSPS) is 10.4. The Bertz CT molecular complexity index is 657. The zero-order valence-corrected chi connectivity index (χ0v) is 10.9. The molecule has 5 nitrogen and oxygen atoms in total. The van der Waals surface area contributed by atoms with Crippen LogP contribution in [0.25, 0.3) is 0 Å². The average Bonchev–Trinajstić information content (AvgIpc) is 2.39. The fourth-order valence-corrected chi connectivity index (χ4v) is 1.81. The van der Waals surface area contributed by atoms with E-state index in [4.69, 9.17) is 10.8 Å². The molecule has 1 heterocycles. The van der Waals surface area contributed by atoms with Gasteiger partial charge in [-0.15, -0.1) is 0 Å². The molecule has 1 aromatic heterocycles. The number of nitrogens with zero attached hydrogens (tertiary/aromatic N) is 1. The molecule has 0 aliphatic carbocycles. The monoisotopic (exact) mass is 293 g/mol. The molecule has 0 atom stereocenters. The molecule has 1 aromatic carbocycles. The van der Waals surface area contributed by atoms with E-state index in [-0.39, 0.29) is 11.5 Å². The minimum absolute atomic E-state index is 0.136. The maximum absolute atomic E-state index is 13.0. The largest absolute Gasteiger partial charge is 0.477 e. The first-order valence-electron chi connectivity index (χ1n) is 6.14. The zero-order chi connectivity index (χ0) is 15.4. The van der Waals surface area contributed by atoms with Crippen LogP contribution in [0.3, 0.4) is 0 Å². The topological polar surface area (TPSA) is 88.2 Å². The molecule has 0 saturated carbocycles. The fraction of sp³-hybridized carbons (Fsp3) is 0.143. The number of anilines is 2. The molecule has 0 bridgehead atoms. The molecule has 2 rings (SSSR count). The molecule has 7 heteroatoms. The number of aromatic nitrogens is 1. The Morgan fingerprint density at radius 2 is 1.90 bits per heavy atom. The number of rotatable bonds is 5. The number of nitrogen functional groups attached to an aromatic ring is 1. The summed E-state index contributed by atoms with van der Waals surface area (Å²) in [4.78, 5) is 14.7. The van der Waals surface area contributed by atoms with Crippen LogP contribution in [0.1, 0.15) is 16.1 Å². The molecule has 0 spiro atoms. The Balaban J connectivity index is 2.03. The highest BCUT2D eigenvalue weighted by Gasteiger charge is 2.08. The lowest BCUT2D eigenvalue weighted by atomic mass is 10.1. The van der Waals surface area contributed by atoms with Crippen molar-refractivity contribution in [1.82, 2.24) is 4.98 Å². The number of halogens is 2. The van der Waals surface area contributed by atoms with Crippen LogP contribution in [0.15, 0.2) is 30.3 Å². The number of hydrogen-bond acceptors (Lipinski definition) is 4. The van der Waals surface area contributed by atoms with E-state index in [0.29, 0.717) is 24.2 Å². The van der Waals surface area contributed by atoms with Gasteiger partial charge in [0.2, 0.25) is 0 Å². The van der Waals surface area contributed by atoms with E-state index in [2.05, 4.69) is 10.3 Å². The first-order chi connectivity index (χ1) is 9.95. The number of carboxylic acid groups (broad SMARTS) is 1. The van der Waals surface area contributed by atoms with Gasteiger partial charge in [-0.25, -0.2) is 18.6 Å². The molecule has 0 saturated heterocycles. The van der Waals surface area contributed by atoms with Crippen molar-refractivity contribution in [3.8, 4) is 0 Å². The minimum Gasteiger partial charge on any atom is -0.477 e. The van der Waals surface area contributed by atoms with E-state index >= 15 is 0 Å². The molecular formula is C14H13F2N3O2. The first kappa shape index (κ1) is 14.7. The molecule has 21 heavy (non-hydrogen) atoms. The summed E-state index contributed by atoms with van der Waals surface area (Å²) in [6.45, 7) is 0.309. The Morgan fingerprint density at radius 3 is 2.52 bits per heavy atom. The molecule has 110 valence electrons. The lowest BCUT2D eigenvalue weighted by Crippen LogP contribution is -2.11. The number of nitrogens with one attached hydrogen (secondary N) is 1. The summed E-state index contributed by atoms with van der Waals surface area (Å²) < 4.78 is 26.1. The fourth-order valence-electron chi connectivity index (χ4n) is 1.81. The van der Waals surface area contributed by atoms with Crippen LogP contribution in [-0.2, 0) is 6.42 Å². The third-order valence-electron chi connectivity index (χ3n) is 2.77. The van der Waals surface area contributed by atoms with Gasteiger partial charge in [-0.05, 0) is 36.2 Å². The van der Waals surface area contributed by atoms with Crippen molar-refractivity contribution in [1.29, 1.82) is 0 Å². The number of pyridine rings is 1. The summed E-state index contributed by atoms with van der Waals surface area (Å²) in [5.74, 6) is -2.22. The van der Waals surface area contributed by atoms with Crippen molar-refractivity contribution in [2.75, 3.05) is 17.6 Å². The predicted octanol–water partition coefficient (Wildman–Crippen LogP) is 2.29. The Hall–Kier alpha value is -2.70. The molecule has 4 N–H and O–H groups in total. The molecule has 2 aromatic rings. The summed E-state index contributed by atoms with van der Waals surface area (Å²) in [5.41, 5.74) is 6.32. The van der Waals surface area contributed by atoms with Gasteiger partial charge < -0.3 is 16.2 Å². The van der Waals surface area contributed by atoms with Gasteiger partial charge in [-0.1, -0.05) is 0 Å². The highest BCUT2D eigenvalue weighted by molar-refractivity contribution is 5.86. The van der Waals surface area contributed by atoms with Gasteiger partial charge >= 0.3 is 5.97 Å². The molecular weight excluding hydrogens is 280 g/mol. The summed E-state index contributed by atoms with van der Waals surface area (Å²) >= 11 is 0. The molecule has 0 amide bonds. The third kappa shape index (κ3) is 3.88. The summed E-state index contributed by atoms with van der Waals surface area (Å²) in [5, 5.41) is 11.7. The lowest BCUT2D eigenvalue weighted by Gasteiger charge is -2.09. The molecule has 0 radical (unpaired) electrons. The van der Waals surface area contributed by atoms with E-state index < -0.39 is 17.6 Å². The number of benzene rings is 1. The van der Waals surface area contributed by atoms with Crippen LogP contribution in [0.4, 0.5) is 20.3 Å². The van der Waals surface area contributed by atoms with Crippen LogP contribution < -0.4 is 11.1 Å². The second-order valence-electron chi connectivity index (χ2n) is 4.39. The summed E-state index contributed by atoms with van der Waals surface area (Å²) in [6, 6.07) is 5.99. The second kappa shape index (κ2) is 6.17. The van der Waals surface area contributed by atoms with Crippen molar-refractivity contribution in [2.45, 2.75) is 6.42 Å². The quantitative estimate of drug-likeness (QED) is 0.787. The van der Waals surface area contributed by atoms with E-state index in [1.165, 1.54) is 24.3 Å². The average molecular weight is 293 g/mol. The van der Waals surface area contributed by atoms with Crippen LogP contribution >= 0.6 is 0 Å². The van der Waals surface area contributed by atoms with Gasteiger partial charge in [-0.3, -0.25) is 0 Å². The minimum atomic E-state index is -1.16. The Labute approximate surface area is 119 Å². The van der Waals surface area contributed by atoms with E-state index in [1.54, 1.807) is 0 Å². The van der Waals surface area contributed by atoms with Crippen molar-refractivity contribution in [2.24, 2.45) is 0 Å². The second-order valence-corrected chi connectivity index (χ2v) is 4.39. The zero-order valence-electron chi connectivity index (χ0n) is 10.9. The standard InChI is InChI=1S/C14H13F2N3O2/c15-9-5-8(6-10(16)7-9)3-4-18-13-11(17)1-2-12(19-13)14(20)21/h1-2,5-7H,3-4,17H2,(H,18,19)(H,20,21). The number of nitrogens with two attached hydrogens (primary N) is 1. The van der Waals surface area contributed by atoms with Crippen LogP contribution in [0, 0.1) is 11.6 Å². The van der Waals surface area contributed by atoms with E-state index in [1.807, 2.05) is 0 Å². The van der Waals surface area contributed by atoms with Crippen molar-refractivity contribution >= 4 is 17.5 Å². The molecule has 0 fully saturated rings. The predicted molar refractivity (Wildman–Crippen MR) is 74.2 cm³/mol. The number of hydrogen-bond donors (Lipinski definition) is 3. The van der Waals surface area contributed by atoms with Crippen molar-refractivity contribution < 1.29 is 18.7 Å². The van der Waals surface area contributed by atoms with Crippen molar-refractivity contribution in [3.05, 3.63) is 53.2 Å². The highest BCUT2D eigenvalue weighted by Crippen LogP contribution is 2.16. The molecule has 0 unspecified atom stereocenters. The molecule has 0 aliphatic heterocycles. The Morgan fingerprint density at radius 1 is 1.24 bits per heavy atom. The number of aromatic carboxylic acids is 1. The highest BCUT2D eigenvalue weighted by atomic mass is 19.1. The van der Waals surface area contributed by atoms with E-state index in [0.717, 1.165) is 6.07 Å². The number of carboxylic acids is 1. The molecule has 0 aliphatic rings. The first-order valence-corrected chi connectivity index (χ1v) is 6.14. The smallest absolute Gasteiger partial charge is 0.354 e. The van der Waals surface area contributed by atoms with Crippen LogP contribution in [0.2, 0.25) is 0 Å². The van der Waals surface area contributed by atoms with Crippen molar-refractivity contribution in [3.63, 3.8) is 0 Å². The van der Waals surface area contributed by atoms with Gasteiger partial charge in [0, 0.05) is 12.6 Å². The van der Waals surface area contributed by atoms with Gasteiger partial charge in [0.15, 0.2) is 5.69 Å². The van der Waals surface area contributed by atoms with E-state index in [9.17, 15) is 13.6 Å². The maximum atomic E-state index is 13.0. The van der Waals surface area contributed by atoms with Crippen LogP contribution in [-0.4, -0.2) is 22.6 Å². The third-order valence-corrected chi connectivity index (χ3v) is 2.77. The Kier molecular flexibility index (Phi) is 4.32. The van der Waals surface area contributed by atoms with Gasteiger partial charge in [-0.2, -0.15) is 0 Å². The van der Waals surface area contributed by atoms with Crippen LogP contribution in [0.5, 0.6) is 0 Å². The van der Waals surface area contributed by atoms with Gasteiger partial charge in [0.05, 0.1) is 5.69 Å². The summed E-state index contributed by atoms with van der Waals surface area (Å²) in [7, 11) is 0. The van der Waals surface area contributed by atoms with Gasteiger partial charge in [0.25, 0.3) is 0 Å². The summed E-state index contributed by atoms with van der Waals surface area (Å²) in [6.07, 6.45) is 0.340. The SMILES string of the molecule is Nc1ccc(C(=O)O)nc1NCCc1cc(F)cc(F)c1. The number of carbonyl (C=O) groups is 1. The van der Waals surface area contributed by atoms with Gasteiger partial charge in [0.1, 0.15) is 17.5 Å².